The van der Waals surface area contributed by atoms with Crippen LogP contribution in [0.2, 0.25) is 10.0 Å². The number of hydrogen-bond donors (Lipinski definition) is 2. The Morgan fingerprint density at radius 3 is 1.30 bits per heavy atom. The molecule has 0 aromatic heterocycles. The van der Waals surface area contributed by atoms with Gasteiger partial charge in [-0.2, -0.15) is 10.2 Å². The van der Waals surface area contributed by atoms with Crippen LogP contribution in [0.1, 0.15) is 33.1 Å². The second kappa shape index (κ2) is 28.8. The predicted octanol–water partition coefficient (Wildman–Crippen LogP) is 8.84. The highest BCUT2D eigenvalue weighted by Gasteiger charge is 2.16. The molecule has 20 nitrogen and oxygen atoms in total. The molecule has 0 aliphatic heterocycles. The van der Waals surface area contributed by atoms with Gasteiger partial charge in [0.05, 0.1) is 70.4 Å². The van der Waals surface area contributed by atoms with Gasteiger partial charge in [0.1, 0.15) is 24.6 Å². The van der Waals surface area contributed by atoms with Crippen LogP contribution in [0.3, 0.4) is 0 Å². The van der Waals surface area contributed by atoms with E-state index in [1.807, 2.05) is 57.7 Å². The molecule has 0 radical (unpaired) electrons. The summed E-state index contributed by atoms with van der Waals surface area (Å²) in [4.78, 5) is 54.8. The SMILES string of the molecule is CCN(CCOC(=O)CCN(CCCN(CCO)CCO)CCC(=O)OCCN(CC)c1ccc(/N=N/c2ccc([N+](=O)[O-])cc2Cl)cc1)c1ccc(/N=N/c2ccc([N+](=O)[O-])cc2Cl)cc1. The Morgan fingerprint density at radius 2 is 0.955 bits per heavy atom. The van der Waals surface area contributed by atoms with Crippen LogP contribution in [-0.2, 0) is 19.1 Å². The maximum absolute atomic E-state index is 12.9. The molecule has 0 unspecified atom stereocenters. The number of nitro groups is 2. The fourth-order valence-electron chi connectivity index (χ4n) is 6.66. The maximum atomic E-state index is 12.9. The van der Waals surface area contributed by atoms with Gasteiger partial charge in [0.25, 0.3) is 11.4 Å². The van der Waals surface area contributed by atoms with Crippen molar-refractivity contribution in [1.82, 2.24) is 9.80 Å². The molecule has 0 fully saturated rings. The summed E-state index contributed by atoms with van der Waals surface area (Å²) in [5.41, 5.74) is 3.18. The number of anilines is 2. The Bertz CT molecular complexity index is 2120. The molecule has 0 aliphatic carbocycles. The molecule has 0 aliphatic rings. The fourth-order valence-corrected chi connectivity index (χ4v) is 7.08. The number of non-ortho nitro benzene ring substituents is 2. The minimum atomic E-state index is -0.539. The zero-order valence-corrected chi connectivity index (χ0v) is 39.0. The number of halogens is 2. The largest absolute Gasteiger partial charge is 0.464 e. The molecule has 4 aromatic rings. The first-order valence-electron chi connectivity index (χ1n) is 21.7. The molecular formula is C45H56Cl2N10O10. The maximum Gasteiger partial charge on any atom is 0.307 e. The first kappa shape index (κ1) is 53.5. The topological polar surface area (TPSA) is 242 Å². The second-order valence-electron chi connectivity index (χ2n) is 14.8. The van der Waals surface area contributed by atoms with E-state index < -0.39 is 9.85 Å². The van der Waals surface area contributed by atoms with Gasteiger partial charge in [0.15, 0.2) is 0 Å². The molecule has 2 N–H and O–H groups in total. The van der Waals surface area contributed by atoms with E-state index in [-0.39, 0.29) is 72.6 Å². The van der Waals surface area contributed by atoms with E-state index in [2.05, 4.69) is 20.5 Å². The number of nitrogens with zero attached hydrogens (tertiary/aromatic N) is 10. The number of esters is 2. The van der Waals surface area contributed by atoms with Gasteiger partial charge in [-0.15, -0.1) is 10.2 Å². The third-order valence-electron chi connectivity index (χ3n) is 10.3. The number of hydrogen-bond acceptors (Lipinski definition) is 18. The second-order valence-corrected chi connectivity index (χ2v) is 15.6. The monoisotopic (exact) mass is 966 g/mol. The molecule has 0 amide bonds. The third kappa shape index (κ3) is 18.6. The van der Waals surface area contributed by atoms with Gasteiger partial charge in [-0.05, 0) is 94.0 Å². The summed E-state index contributed by atoms with van der Waals surface area (Å²) in [5.74, 6) is -0.757. The number of carbonyl (C=O) groups is 2. The number of ether oxygens (including phenoxy) is 2. The van der Waals surface area contributed by atoms with Crippen LogP contribution in [0.4, 0.5) is 45.5 Å². The van der Waals surface area contributed by atoms with E-state index in [1.165, 1.54) is 36.4 Å². The normalized spacial score (nSPS) is 11.5. The fraction of sp³-hybridized carbons (Fsp3) is 0.422. The van der Waals surface area contributed by atoms with Gasteiger partial charge in [0, 0.05) is 74.9 Å². The van der Waals surface area contributed by atoms with Crippen molar-refractivity contribution >= 4 is 80.6 Å². The summed E-state index contributed by atoms with van der Waals surface area (Å²) >= 11 is 12.3. The number of aliphatic hydroxyl groups is 2. The standard InChI is InChI=1S/C45H56Cl2N10O10/c1-3-54(36-10-6-34(7-11-36)48-50-42-16-14-38(56(62)63)32-40(42)46)26-30-66-44(60)18-22-52(20-5-21-53(24-28-58)25-29-59)23-19-45(61)67-31-27-55(4-2)37-12-8-35(9-13-37)49-51-43-17-15-39(57(64)65)33-41(43)47/h6-17,32-33,58-59H,3-5,18-31H2,1-2H3/b50-48+,51-49+. The minimum absolute atomic E-state index is 0.0370. The van der Waals surface area contributed by atoms with Crippen molar-refractivity contribution in [3.05, 3.63) is 115 Å². The van der Waals surface area contributed by atoms with Gasteiger partial charge >= 0.3 is 11.9 Å². The van der Waals surface area contributed by atoms with Crippen LogP contribution in [-0.4, -0.2) is 134 Å². The highest BCUT2D eigenvalue weighted by atomic mass is 35.5. The van der Waals surface area contributed by atoms with Crippen molar-refractivity contribution in [3.8, 4) is 0 Å². The van der Waals surface area contributed by atoms with E-state index in [1.54, 1.807) is 24.3 Å². The molecule has 0 saturated carbocycles. The molecular weight excluding hydrogens is 911 g/mol. The predicted molar refractivity (Wildman–Crippen MR) is 256 cm³/mol. The number of carbonyl (C=O) groups excluding carboxylic acids is 2. The number of azo groups is 2. The summed E-state index contributed by atoms with van der Waals surface area (Å²) in [7, 11) is 0. The van der Waals surface area contributed by atoms with Crippen LogP contribution in [0.5, 0.6) is 0 Å². The molecule has 0 atom stereocenters. The first-order chi connectivity index (χ1) is 32.3. The van der Waals surface area contributed by atoms with Crippen LogP contribution in [0.25, 0.3) is 0 Å². The molecule has 4 aromatic carbocycles. The van der Waals surface area contributed by atoms with Crippen molar-refractivity contribution in [3.63, 3.8) is 0 Å². The molecule has 0 saturated heterocycles. The number of benzene rings is 4. The summed E-state index contributed by atoms with van der Waals surface area (Å²) in [5, 5.41) is 57.6. The van der Waals surface area contributed by atoms with E-state index in [9.17, 15) is 40.0 Å². The number of nitro benzene ring substituents is 2. The molecule has 4 rings (SSSR count). The van der Waals surface area contributed by atoms with Gasteiger partial charge in [-0.3, -0.25) is 34.7 Å². The average molecular weight is 968 g/mol. The van der Waals surface area contributed by atoms with Crippen molar-refractivity contribution in [2.75, 3.05) is 102 Å². The highest BCUT2D eigenvalue weighted by Crippen LogP contribution is 2.32. The molecule has 0 heterocycles. The van der Waals surface area contributed by atoms with E-state index in [0.29, 0.717) is 94.6 Å². The average Bonchev–Trinajstić information content (AvgIpc) is 3.32. The highest BCUT2D eigenvalue weighted by molar-refractivity contribution is 6.33. The van der Waals surface area contributed by atoms with E-state index >= 15 is 0 Å². The molecule has 360 valence electrons. The first-order valence-corrected chi connectivity index (χ1v) is 22.5. The number of aliphatic hydroxyl groups excluding tert-OH is 2. The molecule has 0 spiro atoms. The number of rotatable bonds is 30. The zero-order valence-electron chi connectivity index (χ0n) is 37.5. The van der Waals surface area contributed by atoms with Crippen molar-refractivity contribution < 1.29 is 39.1 Å². The Balaban J connectivity index is 1.23. The van der Waals surface area contributed by atoms with E-state index in [4.69, 9.17) is 32.7 Å². The zero-order chi connectivity index (χ0) is 48.6. The minimum Gasteiger partial charge on any atom is -0.464 e. The van der Waals surface area contributed by atoms with E-state index in [0.717, 1.165) is 11.4 Å². The smallest absolute Gasteiger partial charge is 0.307 e. The third-order valence-corrected chi connectivity index (χ3v) is 10.9. The lowest BCUT2D eigenvalue weighted by molar-refractivity contribution is -0.385. The lowest BCUT2D eigenvalue weighted by atomic mass is 10.2. The summed E-state index contributed by atoms with van der Waals surface area (Å²) in [6, 6.07) is 22.4. The van der Waals surface area contributed by atoms with Crippen molar-refractivity contribution in [2.24, 2.45) is 20.5 Å². The number of likely N-dealkylation sites (N-methyl/N-ethyl adjacent to an activating group) is 2. The quantitative estimate of drug-likeness (QED) is 0.0215. The summed E-state index contributed by atoms with van der Waals surface area (Å²) in [6.07, 6.45) is 0.886. The Kier molecular flexibility index (Phi) is 23.0. The molecule has 22 heteroatoms. The van der Waals surface area contributed by atoms with Gasteiger partial charge in [0.2, 0.25) is 0 Å². The summed E-state index contributed by atoms with van der Waals surface area (Å²) in [6.45, 7) is 9.10. The van der Waals surface area contributed by atoms with Crippen LogP contribution in [0.15, 0.2) is 105 Å². The lowest BCUT2D eigenvalue weighted by Gasteiger charge is -2.25. The van der Waals surface area contributed by atoms with Crippen LogP contribution in [0, 0.1) is 20.2 Å². The van der Waals surface area contributed by atoms with Gasteiger partial charge in [-0.25, -0.2) is 0 Å². The molecule has 67 heavy (non-hydrogen) atoms. The Hall–Kier alpha value is -6.16. The Labute approximate surface area is 398 Å². The van der Waals surface area contributed by atoms with Crippen molar-refractivity contribution in [2.45, 2.75) is 33.1 Å². The Morgan fingerprint density at radius 1 is 0.567 bits per heavy atom. The van der Waals surface area contributed by atoms with Gasteiger partial charge < -0.3 is 34.4 Å². The van der Waals surface area contributed by atoms with Crippen molar-refractivity contribution in [1.29, 1.82) is 0 Å². The van der Waals surface area contributed by atoms with Crippen LogP contribution >= 0.6 is 23.2 Å². The van der Waals surface area contributed by atoms with Gasteiger partial charge in [-0.1, -0.05) is 23.2 Å². The van der Waals surface area contributed by atoms with Crippen LogP contribution < -0.4 is 9.80 Å². The lowest BCUT2D eigenvalue weighted by Crippen LogP contribution is -2.35. The summed E-state index contributed by atoms with van der Waals surface area (Å²) < 4.78 is 11.2. The molecule has 0 bridgehead atoms.